The summed E-state index contributed by atoms with van der Waals surface area (Å²) in [5.41, 5.74) is 2.54. The molecule has 0 radical (unpaired) electrons. The minimum absolute atomic E-state index is 0.276. The van der Waals surface area contributed by atoms with Gasteiger partial charge >= 0.3 is 0 Å². The predicted octanol–water partition coefficient (Wildman–Crippen LogP) is 3.40. The summed E-state index contributed by atoms with van der Waals surface area (Å²) in [5, 5.41) is 6.32. The molecule has 0 amide bonds. The van der Waals surface area contributed by atoms with E-state index in [2.05, 4.69) is 63.7 Å². The standard InChI is InChI=1S/C22H25N3O/c1-2-6-20-14-21(8-7-19(20)5-1)22(17-25-10-12-26-13-11-25)24-16-18-4-3-9-23-15-18/h1-9,14-15,22,24H,10-13,16-17H2. The number of benzene rings is 2. The predicted molar refractivity (Wildman–Crippen MR) is 105 cm³/mol. The second-order valence-electron chi connectivity index (χ2n) is 6.81. The first kappa shape index (κ1) is 17.2. The van der Waals surface area contributed by atoms with E-state index >= 15 is 0 Å². The topological polar surface area (TPSA) is 37.4 Å². The molecule has 1 N–H and O–H groups in total. The molecule has 4 heteroatoms. The van der Waals surface area contributed by atoms with E-state index in [1.165, 1.54) is 21.9 Å². The van der Waals surface area contributed by atoms with Crippen molar-refractivity contribution in [2.24, 2.45) is 0 Å². The lowest BCUT2D eigenvalue weighted by molar-refractivity contribution is 0.0333. The summed E-state index contributed by atoms with van der Waals surface area (Å²) in [5.74, 6) is 0. The van der Waals surface area contributed by atoms with E-state index in [-0.39, 0.29) is 6.04 Å². The maximum atomic E-state index is 5.50. The van der Waals surface area contributed by atoms with Crippen molar-refractivity contribution in [1.29, 1.82) is 0 Å². The van der Waals surface area contributed by atoms with Crippen molar-refractivity contribution < 1.29 is 4.74 Å². The first-order chi connectivity index (χ1) is 12.9. The van der Waals surface area contributed by atoms with Crippen molar-refractivity contribution in [3.05, 3.63) is 78.1 Å². The molecule has 4 rings (SSSR count). The Kier molecular flexibility index (Phi) is 5.55. The summed E-state index contributed by atoms with van der Waals surface area (Å²) in [6.45, 7) is 5.45. The van der Waals surface area contributed by atoms with Crippen LogP contribution in [0.15, 0.2) is 67.0 Å². The minimum atomic E-state index is 0.276. The molecule has 1 atom stereocenters. The number of pyridine rings is 1. The monoisotopic (exact) mass is 347 g/mol. The number of nitrogens with one attached hydrogen (secondary N) is 1. The third kappa shape index (κ3) is 4.28. The van der Waals surface area contributed by atoms with E-state index in [0.717, 1.165) is 39.4 Å². The number of fused-ring (bicyclic) bond motifs is 1. The number of ether oxygens (including phenoxy) is 1. The SMILES string of the molecule is c1cncc(CNC(CN2CCOCC2)c2ccc3ccccc3c2)c1. The fourth-order valence-corrected chi connectivity index (χ4v) is 3.50. The van der Waals surface area contributed by atoms with Gasteiger partial charge in [-0.05, 0) is 34.0 Å². The highest BCUT2D eigenvalue weighted by Crippen LogP contribution is 2.22. The van der Waals surface area contributed by atoms with Crippen molar-refractivity contribution in [1.82, 2.24) is 15.2 Å². The maximum Gasteiger partial charge on any atom is 0.0594 e. The van der Waals surface area contributed by atoms with E-state index in [0.29, 0.717) is 0 Å². The normalized spacial score (nSPS) is 16.6. The van der Waals surface area contributed by atoms with Gasteiger partial charge in [-0.2, -0.15) is 0 Å². The Morgan fingerprint density at radius 3 is 2.65 bits per heavy atom. The van der Waals surface area contributed by atoms with Crippen LogP contribution in [0.1, 0.15) is 17.2 Å². The second-order valence-corrected chi connectivity index (χ2v) is 6.81. The van der Waals surface area contributed by atoms with Crippen LogP contribution in [0.25, 0.3) is 10.8 Å². The van der Waals surface area contributed by atoms with Crippen molar-refractivity contribution in [2.75, 3.05) is 32.8 Å². The zero-order chi connectivity index (χ0) is 17.6. The summed E-state index contributed by atoms with van der Waals surface area (Å²) >= 11 is 0. The van der Waals surface area contributed by atoms with Gasteiger partial charge in [0.1, 0.15) is 0 Å². The highest BCUT2D eigenvalue weighted by Gasteiger charge is 2.18. The Labute approximate surface area is 154 Å². The molecule has 1 saturated heterocycles. The first-order valence-corrected chi connectivity index (χ1v) is 9.29. The van der Waals surface area contributed by atoms with Gasteiger partial charge in [0, 0.05) is 44.6 Å². The summed E-state index contributed by atoms with van der Waals surface area (Å²) in [7, 11) is 0. The van der Waals surface area contributed by atoms with Crippen LogP contribution in [0.5, 0.6) is 0 Å². The number of rotatable bonds is 6. The Morgan fingerprint density at radius 2 is 1.85 bits per heavy atom. The van der Waals surface area contributed by atoms with Gasteiger partial charge in [-0.3, -0.25) is 9.88 Å². The van der Waals surface area contributed by atoms with Gasteiger partial charge in [0.15, 0.2) is 0 Å². The van der Waals surface area contributed by atoms with Crippen molar-refractivity contribution in [2.45, 2.75) is 12.6 Å². The van der Waals surface area contributed by atoms with E-state index in [9.17, 15) is 0 Å². The molecule has 0 bridgehead atoms. The molecule has 1 aliphatic heterocycles. The lowest BCUT2D eigenvalue weighted by Gasteiger charge is -2.31. The molecule has 2 heterocycles. The molecule has 1 aromatic heterocycles. The van der Waals surface area contributed by atoms with Gasteiger partial charge in [0.25, 0.3) is 0 Å². The Balaban J connectivity index is 1.55. The Morgan fingerprint density at radius 1 is 1.00 bits per heavy atom. The molecular weight excluding hydrogens is 322 g/mol. The van der Waals surface area contributed by atoms with Gasteiger partial charge in [0.2, 0.25) is 0 Å². The third-order valence-corrected chi connectivity index (χ3v) is 5.00. The van der Waals surface area contributed by atoms with E-state index < -0.39 is 0 Å². The first-order valence-electron chi connectivity index (χ1n) is 9.29. The molecule has 134 valence electrons. The maximum absolute atomic E-state index is 5.50. The van der Waals surface area contributed by atoms with Crippen LogP contribution in [0.3, 0.4) is 0 Å². The summed E-state index contributed by atoms with van der Waals surface area (Å²) in [6.07, 6.45) is 3.75. The summed E-state index contributed by atoms with van der Waals surface area (Å²) in [4.78, 5) is 6.71. The molecule has 4 nitrogen and oxygen atoms in total. The summed E-state index contributed by atoms with van der Waals surface area (Å²) < 4.78 is 5.50. The average molecular weight is 347 g/mol. The van der Waals surface area contributed by atoms with Crippen LogP contribution in [0, 0.1) is 0 Å². The largest absolute Gasteiger partial charge is 0.379 e. The lowest BCUT2D eigenvalue weighted by Crippen LogP contribution is -2.41. The van der Waals surface area contributed by atoms with Gasteiger partial charge < -0.3 is 10.1 Å². The minimum Gasteiger partial charge on any atom is -0.379 e. The second kappa shape index (κ2) is 8.41. The zero-order valence-corrected chi connectivity index (χ0v) is 15.0. The smallest absolute Gasteiger partial charge is 0.0594 e. The zero-order valence-electron chi connectivity index (χ0n) is 15.0. The van der Waals surface area contributed by atoms with Crippen LogP contribution < -0.4 is 5.32 Å². The van der Waals surface area contributed by atoms with Crippen molar-refractivity contribution in [3.8, 4) is 0 Å². The molecular formula is C22H25N3O. The quantitative estimate of drug-likeness (QED) is 0.742. The fourth-order valence-electron chi connectivity index (χ4n) is 3.50. The highest BCUT2D eigenvalue weighted by atomic mass is 16.5. The van der Waals surface area contributed by atoms with Crippen molar-refractivity contribution >= 4 is 10.8 Å². The number of nitrogens with zero attached hydrogens (tertiary/aromatic N) is 2. The Bertz CT molecular complexity index is 831. The molecule has 0 spiro atoms. The van der Waals surface area contributed by atoms with Crippen LogP contribution in [-0.2, 0) is 11.3 Å². The molecule has 3 aromatic rings. The van der Waals surface area contributed by atoms with Gasteiger partial charge in [-0.1, -0.05) is 42.5 Å². The van der Waals surface area contributed by atoms with Gasteiger partial charge in [-0.15, -0.1) is 0 Å². The number of morpholine rings is 1. The molecule has 26 heavy (non-hydrogen) atoms. The molecule has 2 aromatic carbocycles. The number of hydrogen-bond acceptors (Lipinski definition) is 4. The third-order valence-electron chi connectivity index (χ3n) is 5.00. The fraction of sp³-hybridized carbons (Fsp3) is 0.318. The van der Waals surface area contributed by atoms with Crippen LogP contribution >= 0.6 is 0 Å². The lowest BCUT2D eigenvalue weighted by atomic mass is 10.0. The number of hydrogen-bond donors (Lipinski definition) is 1. The van der Waals surface area contributed by atoms with E-state index in [1.807, 2.05) is 18.5 Å². The molecule has 0 aliphatic carbocycles. The highest BCUT2D eigenvalue weighted by molar-refractivity contribution is 5.83. The van der Waals surface area contributed by atoms with E-state index in [4.69, 9.17) is 4.74 Å². The average Bonchev–Trinajstić information content (AvgIpc) is 2.72. The van der Waals surface area contributed by atoms with E-state index in [1.54, 1.807) is 0 Å². The van der Waals surface area contributed by atoms with Crippen LogP contribution in [0.2, 0.25) is 0 Å². The number of aromatic nitrogens is 1. The molecule has 1 fully saturated rings. The molecule has 1 unspecified atom stereocenters. The summed E-state index contributed by atoms with van der Waals surface area (Å²) in [6, 6.07) is 19.7. The van der Waals surface area contributed by atoms with Gasteiger partial charge in [-0.25, -0.2) is 0 Å². The van der Waals surface area contributed by atoms with Crippen molar-refractivity contribution in [3.63, 3.8) is 0 Å². The Hall–Kier alpha value is -2.27. The van der Waals surface area contributed by atoms with Gasteiger partial charge in [0.05, 0.1) is 13.2 Å². The van der Waals surface area contributed by atoms with Crippen LogP contribution in [-0.4, -0.2) is 42.7 Å². The molecule has 0 saturated carbocycles. The molecule has 1 aliphatic rings. The van der Waals surface area contributed by atoms with Crippen LogP contribution in [0.4, 0.5) is 0 Å².